The standard InChI is InChI=1S/C17H18N4O4S/c18-17(22)21-10-12-9-20(26(23,24)14-4-1-5-19-8-14)11-15(12)16(21)7-13-3-2-6-25-13/h1-6,8,16H,7,9-11H2,(H2,18,22). The number of amides is 2. The van der Waals surface area contributed by atoms with Crippen molar-refractivity contribution in [3.8, 4) is 0 Å². The molecule has 4 heterocycles. The first kappa shape index (κ1) is 16.8. The average Bonchev–Trinajstić information content (AvgIpc) is 3.33. The van der Waals surface area contributed by atoms with E-state index in [1.807, 2.05) is 6.07 Å². The van der Waals surface area contributed by atoms with Crippen LogP contribution in [-0.2, 0) is 16.4 Å². The van der Waals surface area contributed by atoms with Crippen molar-refractivity contribution < 1.29 is 17.6 Å². The number of pyridine rings is 1. The number of primary amides is 1. The summed E-state index contributed by atoms with van der Waals surface area (Å²) >= 11 is 0. The summed E-state index contributed by atoms with van der Waals surface area (Å²) in [6.07, 6.45) is 4.91. The number of aromatic nitrogens is 1. The number of nitrogens with two attached hydrogens (primary N) is 1. The van der Waals surface area contributed by atoms with Crippen molar-refractivity contribution in [3.63, 3.8) is 0 Å². The quantitative estimate of drug-likeness (QED) is 0.802. The van der Waals surface area contributed by atoms with E-state index in [-0.39, 0.29) is 24.0 Å². The maximum Gasteiger partial charge on any atom is 0.315 e. The molecule has 0 radical (unpaired) electrons. The van der Waals surface area contributed by atoms with Crippen molar-refractivity contribution in [2.24, 2.45) is 5.73 Å². The minimum absolute atomic E-state index is 0.163. The fourth-order valence-corrected chi connectivity index (χ4v) is 4.95. The number of sulfonamides is 1. The van der Waals surface area contributed by atoms with Gasteiger partial charge in [-0.2, -0.15) is 4.31 Å². The number of furan rings is 1. The van der Waals surface area contributed by atoms with Crippen molar-refractivity contribution in [1.82, 2.24) is 14.2 Å². The highest BCUT2D eigenvalue weighted by molar-refractivity contribution is 7.89. The number of rotatable bonds is 4. The molecule has 0 bridgehead atoms. The number of hydrogen-bond donors (Lipinski definition) is 1. The van der Waals surface area contributed by atoms with E-state index < -0.39 is 16.1 Å². The Labute approximate surface area is 151 Å². The lowest BCUT2D eigenvalue weighted by Gasteiger charge is -2.28. The van der Waals surface area contributed by atoms with Crippen molar-refractivity contribution in [3.05, 3.63) is 59.8 Å². The minimum Gasteiger partial charge on any atom is -0.469 e. The second kappa shape index (κ2) is 6.26. The number of nitrogens with zero attached hydrogens (tertiary/aromatic N) is 3. The van der Waals surface area contributed by atoms with E-state index in [4.69, 9.17) is 10.2 Å². The molecule has 1 atom stereocenters. The van der Waals surface area contributed by atoms with Gasteiger partial charge in [-0.05, 0) is 35.4 Å². The molecule has 2 amide bonds. The highest BCUT2D eigenvalue weighted by atomic mass is 32.2. The Morgan fingerprint density at radius 1 is 1.27 bits per heavy atom. The molecule has 2 aliphatic rings. The van der Waals surface area contributed by atoms with E-state index >= 15 is 0 Å². The molecule has 0 aromatic carbocycles. The summed E-state index contributed by atoms with van der Waals surface area (Å²) in [6, 6.07) is 5.93. The first-order valence-electron chi connectivity index (χ1n) is 8.16. The van der Waals surface area contributed by atoms with Gasteiger partial charge >= 0.3 is 6.03 Å². The van der Waals surface area contributed by atoms with Crippen LogP contribution >= 0.6 is 0 Å². The molecule has 1 unspecified atom stereocenters. The van der Waals surface area contributed by atoms with Crippen molar-refractivity contribution in [1.29, 1.82) is 0 Å². The third-order valence-corrected chi connectivity index (χ3v) is 6.61. The molecule has 8 nitrogen and oxygen atoms in total. The van der Waals surface area contributed by atoms with Gasteiger partial charge < -0.3 is 15.1 Å². The van der Waals surface area contributed by atoms with Crippen LogP contribution in [-0.4, -0.2) is 54.3 Å². The monoisotopic (exact) mass is 374 g/mol. The molecule has 2 N–H and O–H groups in total. The van der Waals surface area contributed by atoms with Gasteiger partial charge in [0, 0.05) is 38.4 Å². The van der Waals surface area contributed by atoms with Crippen LogP contribution < -0.4 is 5.73 Å². The first-order valence-corrected chi connectivity index (χ1v) is 9.60. The average molecular weight is 374 g/mol. The summed E-state index contributed by atoms with van der Waals surface area (Å²) in [5.74, 6) is 0.726. The molecule has 26 heavy (non-hydrogen) atoms. The molecule has 136 valence electrons. The maximum atomic E-state index is 12.8. The molecule has 2 aromatic rings. The largest absolute Gasteiger partial charge is 0.469 e. The number of urea groups is 1. The van der Waals surface area contributed by atoms with Gasteiger partial charge in [0.25, 0.3) is 0 Å². The van der Waals surface area contributed by atoms with Crippen LogP contribution in [0.25, 0.3) is 0 Å². The SMILES string of the molecule is NC(=O)N1CC2=C(CN(S(=O)(=O)c3cccnc3)C2)C1Cc1ccco1. The molecule has 2 aliphatic heterocycles. The van der Waals surface area contributed by atoms with Gasteiger partial charge in [0.05, 0.1) is 12.3 Å². The predicted molar refractivity (Wildman–Crippen MR) is 92.5 cm³/mol. The van der Waals surface area contributed by atoms with E-state index in [9.17, 15) is 13.2 Å². The fraction of sp³-hybridized carbons (Fsp3) is 0.294. The summed E-state index contributed by atoms with van der Waals surface area (Å²) in [6.45, 7) is 0.835. The third kappa shape index (κ3) is 2.78. The van der Waals surface area contributed by atoms with Crippen molar-refractivity contribution in [2.75, 3.05) is 19.6 Å². The lowest BCUT2D eigenvalue weighted by Crippen LogP contribution is -2.45. The molecule has 0 aliphatic carbocycles. The van der Waals surface area contributed by atoms with Gasteiger partial charge in [-0.1, -0.05) is 0 Å². The summed E-state index contributed by atoms with van der Waals surface area (Å²) < 4.78 is 32.5. The molecular weight excluding hydrogens is 356 g/mol. The van der Waals surface area contributed by atoms with Gasteiger partial charge in [-0.25, -0.2) is 13.2 Å². The highest BCUT2D eigenvalue weighted by Gasteiger charge is 2.43. The Kier molecular flexibility index (Phi) is 4.04. The molecule has 0 saturated carbocycles. The van der Waals surface area contributed by atoms with Crippen LogP contribution in [0.15, 0.2) is 63.4 Å². The molecule has 0 spiro atoms. The minimum atomic E-state index is -3.63. The number of carbonyl (C=O) groups is 1. The Morgan fingerprint density at radius 2 is 2.12 bits per heavy atom. The third-order valence-electron chi connectivity index (χ3n) is 4.84. The lowest BCUT2D eigenvalue weighted by atomic mass is 10.0. The van der Waals surface area contributed by atoms with Crippen LogP contribution in [0.1, 0.15) is 5.76 Å². The maximum absolute atomic E-state index is 12.8. The molecule has 2 aromatic heterocycles. The molecule has 0 saturated heterocycles. The summed E-state index contributed by atoms with van der Waals surface area (Å²) in [5, 5.41) is 0. The molecule has 9 heteroatoms. The zero-order valence-electron chi connectivity index (χ0n) is 13.9. The highest BCUT2D eigenvalue weighted by Crippen LogP contribution is 2.35. The number of carbonyl (C=O) groups excluding carboxylic acids is 1. The summed E-state index contributed by atoms with van der Waals surface area (Å²) in [4.78, 5) is 17.4. The Morgan fingerprint density at radius 3 is 2.77 bits per heavy atom. The van der Waals surface area contributed by atoms with Crippen LogP contribution in [0.2, 0.25) is 0 Å². The molecule has 0 fully saturated rings. The Bertz CT molecular complexity index is 954. The predicted octanol–water partition coefficient (Wildman–Crippen LogP) is 0.981. The van der Waals surface area contributed by atoms with Crippen LogP contribution in [0.4, 0.5) is 4.79 Å². The van der Waals surface area contributed by atoms with E-state index in [2.05, 4.69) is 4.98 Å². The summed E-state index contributed by atoms with van der Waals surface area (Å²) in [5.41, 5.74) is 7.37. The van der Waals surface area contributed by atoms with Crippen LogP contribution in [0.3, 0.4) is 0 Å². The molecule has 4 rings (SSSR count). The van der Waals surface area contributed by atoms with E-state index in [1.54, 1.807) is 23.3 Å². The second-order valence-corrected chi connectivity index (χ2v) is 8.29. The van der Waals surface area contributed by atoms with Crippen molar-refractivity contribution in [2.45, 2.75) is 17.4 Å². The number of hydrogen-bond acceptors (Lipinski definition) is 5. The molecular formula is C17H18N4O4S. The van der Waals surface area contributed by atoms with Crippen LogP contribution in [0.5, 0.6) is 0 Å². The van der Waals surface area contributed by atoms with E-state index in [1.165, 1.54) is 22.8 Å². The first-order chi connectivity index (χ1) is 12.5. The second-order valence-electron chi connectivity index (χ2n) is 6.36. The van der Waals surface area contributed by atoms with Gasteiger partial charge in [-0.15, -0.1) is 0 Å². The zero-order chi connectivity index (χ0) is 18.3. The van der Waals surface area contributed by atoms with E-state index in [0.717, 1.165) is 16.9 Å². The normalized spacial score (nSPS) is 20.6. The smallest absolute Gasteiger partial charge is 0.315 e. The van der Waals surface area contributed by atoms with E-state index in [0.29, 0.717) is 13.0 Å². The van der Waals surface area contributed by atoms with Gasteiger partial charge in [0.15, 0.2) is 0 Å². The Hall–Kier alpha value is -2.65. The van der Waals surface area contributed by atoms with Gasteiger partial charge in [0.1, 0.15) is 10.7 Å². The van der Waals surface area contributed by atoms with Gasteiger partial charge in [-0.3, -0.25) is 4.98 Å². The zero-order valence-corrected chi connectivity index (χ0v) is 14.7. The Balaban J connectivity index is 1.59. The fourth-order valence-electron chi connectivity index (χ4n) is 3.57. The topological polar surface area (TPSA) is 110 Å². The lowest BCUT2D eigenvalue weighted by molar-refractivity contribution is 0.200. The van der Waals surface area contributed by atoms with Gasteiger partial charge in [0.2, 0.25) is 10.0 Å². The van der Waals surface area contributed by atoms with Crippen LogP contribution in [0, 0.1) is 0 Å². The summed E-state index contributed by atoms with van der Waals surface area (Å²) in [7, 11) is -3.63. The van der Waals surface area contributed by atoms with Crippen molar-refractivity contribution >= 4 is 16.1 Å².